The van der Waals surface area contributed by atoms with Crippen LogP contribution in [-0.4, -0.2) is 9.52 Å². The van der Waals surface area contributed by atoms with Gasteiger partial charge >= 0.3 is 37.9 Å². The zero-order chi connectivity index (χ0) is 55.2. The topological polar surface area (TPSA) is 0 Å². The van der Waals surface area contributed by atoms with Gasteiger partial charge in [0, 0.05) is 9.52 Å². The van der Waals surface area contributed by atoms with Crippen molar-refractivity contribution in [2.75, 3.05) is 0 Å². The summed E-state index contributed by atoms with van der Waals surface area (Å²) < 4.78 is 0. The zero-order valence-corrected chi connectivity index (χ0v) is 54.0. The first-order valence-electron chi connectivity index (χ1n) is 26.7. The normalized spacial score (nSPS) is 12.3. The second-order valence-electron chi connectivity index (χ2n) is 27.1. The predicted molar refractivity (Wildman–Crippen MR) is 331 cm³/mol. The molecule has 0 saturated carbocycles. The van der Waals surface area contributed by atoms with Gasteiger partial charge in [0.05, 0.1) is 0 Å². The van der Waals surface area contributed by atoms with E-state index >= 15 is 0 Å². The summed E-state index contributed by atoms with van der Waals surface area (Å²) in [6, 6.07) is 55.7. The molecule has 4 heteroatoms. The molecular formula is C70H88Cl2SiZr. The van der Waals surface area contributed by atoms with Crippen LogP contribution in [0.3, 0.4) is 0 Å². The van der Waals surface area contributed by atoms with E-state index in [2.05, 4.69) is 283 Å². The monoisotopic (exact) mass is 1120 g/mol. The van der Waals surface area contributed by atoms with Gasteiger partial charge in [0.2, 0.25) is 0 Å². The van der Waals surface area contributed by atoms with Gasteiger partial charge < -0.3 is 0 Å². The second-order valence-corrected chi connectivity index (χ2v) is 31.8. The maximum atomic E-state index is 4.93. The molecule has 0 bridgehead atoms. The van der Waals surface area contributed by atoms with Gasteiger partial charge in [0.15, 0.2) is 0 Å². The summed E-state index contributed by atoms with van der Waals surface area (Å²) in [4.78, 5) is 0. The van der Waals surface area contributed by atoms with Crippen molar-refractivity contribution in [3.63, 3.8) is 0 Å². The summed E-state index contributed by atoms with van der Waals surface area (Å²) in [5.74, 6) is 0. The maximum absolute atomic E-state index is 4.93. The third kappa shape index (κ3) is 16.6. The van der Waals surface area contributed by atoms with Gasteiger partial charge in [-0.25, -0.2) is 0 Å². The van der Waals surface area contributed by atoms with E-state index in [1.165, 1.54) is 99.4 Å². The number of rotatable bonds is 6. The first-order chi connectivity index (χ1) is 34.3. The number of halogens is 2. The Hall–Kier alpha value is -3.78. The quantitative estimate of drug-likeness (QED) is 0.115. The molecule has 74 heavy (non-hydrogen) atoms. The number of hydrogen-bond acceptors (Lipinski definition) is 0. The van der Waals surface area contributed by atoms with Crippen LogP contribution in [0.2, 0.25) is 13.1 Å². The predicted octanol–water partition coefficient (Wildman–Crippen LogP) is 22.3. The molecule has 0 saturated heterocycles. The minimum absolute atomic E-state index is 0.164. The third-order valence-corrected chi connectivity index (χ3v) is 13.6. The van der Waals surface area contributed by atoms with Crippen molar-refractivity contribution < 1.29 is 20.8 Å². The molecule has 0 fully saturated rings. The zero-order valence-electron chi connectivity index (χ0n) is 49.0. The van der Waals surface area contributed by atoms with Crippen molar-refractivity contribution in [3.8, 4) is 44.5 Å². The fourth-order valence-corrected chi connectivity index (χ4v) is 9.75. The Labute approximate surface area is 471 Å². The Morgan fingerprint density at radius 2 is 0.554 bits per heavy atom. The molecule has 2 radical (unpaired) electrons. The van der Waals surface area contributed by atoms with Crippen molar-refractivity contribution in [2.45, 2.75) is 172 Å². The van der Waals surface area contributed by atoms with E-state index in [-0.39, 0.29) is 32.5 Å². The molecule has 0 nitrogen and oxygen atoms in total. The SMILES string of the molecule is CC(C)(C)Cc1cc2c(-c3ccc(C(C)(C)C)cc3)ccc(-c3ccc(C(C)(C)C)cc3)c2[cH-]1.CC(C)(C)Cc1cc2c(-c3ccc(C(C)(C)C)cc3)ccc(-c3ccc(C(C)(C)C)cc3)c2[cH-]1.C[Si]C.[Cl][Zr+2][Cl]. The van der Waals surface area contributed by atoms with Gasteiger partial charge in [0.25, 0.3) is 0 Å². The number of benzene rings is 6. The van der Waals surface area contributed by atoms with Gasteiger partial charge in [-0.3, -0.25) is 0 Å². The van der Waals surface area contributed by atoms with Crippen LogP contribution in [0.5, 0.6) is 0 Å². The number of hydrogen-bond donors (Lipinski definition) is 0. The van der Waals surface area contributed by atoms with Crippen LogP contribution in [-0.2, 0) is 55.3 Å². The van der Waals surface area contributed by atoms with Crippen LogP contribution in [0.1, 0.15) is 158 Å². The van der Waals surface area contributed by atoms with Crippen molar-refractivity contribution in [1.82, 2.24) is 0 Å². The van der Waals surface area contributed by atoms with E-state index in [4.69, 9.17) is 17.0 Å². The van der Waals surface area contributed by atoms with E-state index in [0.29, 0.717) is 0 Å². The summed E-state index contributed by atoms with van der Waals surface area (Å²) >= 11 is -0.826. The van der Waals surface area contributed by atoms with Crippen LogP contribution >= 0.6 is 17.0 Å². The summed E-state index contributed by atoms with van der Waals surface area (Å²) in [6.07, 6.45) is 2.15. The first-order valence-corrected chi connectivity index (χ1v) is 35.0. The summed E-state index contributed by atoms with van der Waals surface area (Å²) in [6.45, 7) is 45.5. The molecule has 0 aliphatic rings. The fourth-order valence-electron chi connectivity index (χ4n) is 9.75. The molecule has 0 spiro atoms. The van der Waals surface area contributed by atoms with Crippen LogP contribution in [0.25, 0.3) is 66.1 Å². The average molecular weight is 1120 g/mol. The van der Waals surface area contributed by atoms with Crippen LogP contribution in [0.4, 0.5) is 0 Å². The van der Waals surface area contributed by atoms with Gasteiger partial charge in [0.1, 0.15) is 0 Å². The number of fused-ring (bicyclic) bond motifs is 2. The van der Waals surface area contributed by atoms with Gasteiger partial charge in [-0.1, -0.05) is 292 Å². The minimum atomic E-state index is -0.826. The molecule has 0 aliphatic carbocycles. The molecular weight excluding hydrogens is 1030 g/mol. The third-order valence-electron chi connectivity index (χ3n) is 13.6. The summed E-state index contributed by atoms with van der Waals surface area (Å²) in [5, 5.41) is 5.45. The van der Waals surface area contributed by atoms with Crippen LogP contribution in [0.15, 0.2) is 146 Å². The Balaban J connectivity index is 0.000000248. The molecule has 0 N–H and O–H groups in total. The van der Waals surface area contributed by atoms with Crippen molar-refractivity contribution in [2.24, 2.45) is 10.8 Å². The van der Waals surface area contributed by atoms with Crippen molar-refractivity contribution in [3.05, 3.63) is 179 Å². The van der Waals surface area contributed by atoms with E-state index in [0.717, 1.165) is 22.4 Å². The Kier molecular flexibility index (Phi) is 20.4. The van der Waals surface area contributed by atoms with E-state index in [1.807, 2.05) is 0 Å². The molecule has 0 unspecified atom stereocenters. The second kappa shape index (κ2) is 24.7. The van der Waals surface area contributed by atoms with Gasteiger partial charge in [-0.15, -0.1) is 44.8 Å². The Bertz CT molecular complexity index is 2630. The first kappa shape index (κ1) is 61.1. The van der Waals surface area contributed by atoms with Crippen LogP contribution in [0, 0.1) is 10.8 Å². The molecule has 0 atom stereocenters. The van der Waals surface area contributed by atoms with Crippen molar-refractivity contribution in [1.29, 1.82) is 0 Å². The fraction of sp³-hybridized carbons (Fsp3) is 0.400. The van der Waals surface area contributed by atoms with E-state index < -0.39 is 20.8 Å². The van der Waals surface area contributed by atoms with Crippen LogP contribution < -0.4 is 0 Å². The van der Waals surface area contributed by atoms with E-state index in [1.54, 1.807) is 0 Å². The molecule has 0 heterocycles. The Morgan fingerprint density at radius 1 is 0.351 bits per heavy atom. The molecule has 8 aromatic rings. The van der Waals surface area contributed by atoms with Gasteiger partial charge in [-0.05, 0) is 78.7 Å². The molecule has 0 aliphatic heterocycles. The van der Waals surface area contributed by atoms with E-state index in [9.17, 15) is 0 Å². The van der Waals surface area contributed by atoms with Crippen molar-refractivity contribution >= 4 is 48.1 Å². The average Bonchev–Trinajstić information content (AvgIpc) is 3.91. The molecule has 8 rings (SSSR count). The molecule has 390 valence electrons. The standard InChI is InChI=1S/2C34H41.C2H6Si.2ClH.Zr/c2*1-32(2,3)22-23-20-30-28(24-10-14-26(15-11-24)33(4,5)6)18-19-29(31(30)21-23)25-12-16-27(17-13-25)34(7,8)9;1-3-2;;;/h2*10-21H,22H2,1-9H3;1-2H3;2*1H;/q2*-1;;;;+4/p-2. The Morgan fingerprint density at radius 3 is 0.757 bits per heavy atom. The summed E-state index contributed by atoms with van der Waals surface area (Å²) in [5.41, 5.74) is 20.0. The molecule has 0 amide bonds. The molecule has 0 aromatic heterocycles. The van der Waals surface area contributed by atoms with Gasteiger partial charge in [-0.2, -0.15) is 12.1 Å². The summed E-state index contributed by atoms with van der Waals surface area (Å²) in [7, 11) is 11.0. The molecule has 8 aromatic carbocycles.